The van der Waals surface area contributed by atoms with E-state index in [9.17, 15) is 9.59 Å². The summed E-state index contributed by atoms with van der Waals surface area (Å²) >= 11 is 0. The largest absolute Gasteiger partial charge is 0.367 e. The molecule has 0 bridgehead atoms. The van der Waals surface area contributed by atoms with Crippen LogP contribution in [0.3, 0.4) is 0 Å². The van der Waals surface area contributed by atoms with Crippen LogP contribution in [0.4, 0.5) is 0 Å². The molecule has 11 heavy (non-hydrogen) atoms. The Morgan fingerprint density at radius 2 is 2.18 bits per heavy atom. The molecular weight excluding hydrogens is 148 g/mol. The van der Waals surface area contributed by atoms with Gasteiger partial charge in [0.2, 0.25) is 11.8 Å². The molecule has 0 fully saturated rings. The van der Waals surface area contributed by atoms with Crippen molar-refractivity contribution in [2.45, 2.75) is 20.0 Å². The van der Waals surface area contributed by atoms with Crippen molar-refractivity contribution in [1.82, 2.24) is 5.32 Å². The van der Waals surface area contributed by atoms with E-state index in [1.165, 1.54) is 13.8 Å². The maximum absolute atomic E-state index is 10.4. The number of primary amides is 1. The lowest BCUT2D eigenvalue weighted by Crippen LogP contribution is -2.33. The predicted octanol–water partition coefficient (Wildman–Crippen LogP) is -1.03. The fourth-order valence-electron chi connectivity index (χ4n) is 0.350. The van der Waals surface area contributed by atoms with Gasteiger partial charge in [-0.25, -0.2) is 0 Å². The molecule has 0 aromatic heterocycles. The fourth-order valence-corrected chi connectivity index (χ4v) is 0.350. The van der Waals surface area contributed by atoms with Crippen LogP contribution >= 0.6 is 0 Å². The Balaban J connectivity index is 3.39. The van der Waals surface area contributed by atoms with Crippen LogP contribution in [0.15, 0.2) is 0 Å². The van der Waals surface area contributed by atoms with Gasteiger partial charge in [-0.15, -0.1) is 0 Å². The van der Waals surface area contributed by atoms with Crippen LogP contribution in [0.2, 0.25) is 0 Å². The average Bonchev–Trinajstić information content (AvgIpc) is 1.86. The first kappa shape index (κ1) is 9.90. The van der Waals surface area contributed by atoms with Crippen molar-refractivity contribution in [1.29, 1.82) is 0 Å². The van der Waals surface area contributed by atoms with Crippen molar-refractivity contribution in [2.75, 3.05) is 6.73 Å². The van der Waals surface area contributed by atoms with Gasteiger partial charge in [0.05, 0.1) is 0 Å². The third-order valence-electron chi connectivity index (χ3n) is 1.06. The highest BCUT2D eigenvalue weighted by molar-refractivity contribution is 5.78. The van der Waals surface area contributed by atoms with E-state index in [0.717, 1.165) is 0 Å². The number of rotatable bonds is 4. The average molecular weight is 160 g/mol. The van der Waals surface area contributed by atoms with Crippen LogP contribution in [0, 0.1) is 0 Å². The van der Waals surface area contributed by atoms with Gasteiger partial charge in [-0.2, -0.15) is 0 Å². The van der Waals surface area contributed by atoms with Gasteiger partial charge in [-0.1, -0.05) is 0 Å². The van der Waals surface area contributed by atoms with E-state index >= 15 is 0 Å². The lowest BCUT2D eigenvalue weighted by molar-refractivity contribution is -0.131. The molecular formula is C6H12N2O3. The Morgan fingerprint density at radius 1 is 1.64 bits per heavy atom. The number of amides is 2. The molecule has 5 nitrogen and oxygen atoms in total. The number of carbonyl (C=O) groups excluding carboxylic acids is 2. The van der Waals surface area contributed by atoms with Crippen LogP contribution in [-0.4, -0.2) is 24.6 Å². The number of ether oxygens (including phenoxy) is 1. The molecule has 0 spiro atoms. The van der Waals surface area contributed by atoms with Crippen molar-refractivity contribution in [3.8, 4) is 0 Å². The number of nitrogens with one attached hydrogen (secondary N) is 1. The minimum absolute atomic E-state index is 0.0133. The van der Waals surface area contributed by atoms with E-state index in [4.69, 9.17) is 10.5 Å². The molecule has 5 heteroatoms. The van der Waals surface area contributed by atoms with Crippen LogP contribution in [0.25, 0.3) is 0 Å². The van der Waals surface area contributed by atoms with Crippen LogP contribution in [-0.2, 0) is 14.3 Å². The molecule has 0 saturated heterocycles. The van der Waals surface area contributed by atoms with Gasteiger partial charge >= 0.3 is 0 Å². The van der Waals surface area contributed by atoms with Gasteiger partial charge in [0.25, 0.3) is 0 Å². The van der Waals surface area contributed by atoms with E-state index in [2.05, 4.69) is 5.32 Å². The maximum atomic E-state index is 10.4. The first-order valence-corrected chi connectivity index (χ1v) is 3.19. The number of hydrogen-bond donors (Lipinski definition) is 2. The van der Waals surface area contributed by atoms with Gasteiger partial charge in [0.1, 0.15) is 12.8 Å². The van der Waals surface area contributed by atoms with E-state index < -0.39 is 12.0 Å². The summed E-state index contributed by atoms with van der Waals surface area (Å²) in [5.74, 6) is -0.753. The van der Waals surface area contributed by atoms with E-state index in [0.29, 0.717) is 0 Å². The van der Waals surface area contributed by atoms with Crippen LogP contribution < -0.4 is 11.1 Å². The van der Waals surface area contributed by atoms with Gasteiger partial charge in [0, 0.05) is 6.92 Å². The van der Waals surface area contributed by atoms with Gasteiger partial charge in [-0.3, -0.25) is 9.59 Å². The highest BCUT2D eigenvalue weighted by Crippen LogP contribution is 1.85. The standard InChI is InChI=1S/C6H12N2O3/c1-4(6(7)10)11-3-8-5(2)9/h4H,3H2,1-2H3,(H2,7,10)(H,8,9). The van der Waals surface area contributed by atoms with E-state index in [1.807, 2.05) is 0 Å². The molecule has 0 radical (unpaired) electrons. The molecule has 0 aliphatic carbocycles. The SMILES string of the molecule is CC(=O)NCOC(C)C(N)=O. The lowest BCUT2D eigenvalue weighted by Gasteiger charge is -2.08. The summed E-state index contributed by atoms with van der Waals surface area (Å²) in [6.07, 6.45) is -0.665. The van der Waals surface area contributed by atoms with Crippen molar-refractivity contribution in [3.63, 3.8) is 0 Å². The summed E-state index contributed by atoms with van der Waals surface area (Å²) in [5, 5.41) is 2.36. The van der Waals surface area contributed by atoms with Gasteiger partial charge in [-0.05, 0) is 6.92 Å². The zero-order valence-corrected chi connectivity index (χ0v) is 6.59. The normalized spacial score (nSPS) is 12.2. The van der Waals surface area contributed by atoms with Crippen molar-refractivity contribution >= 4 is 11.8 Å². The highest BCUT2D eigenvalue weighted by atomic mass is 16.5. The van der Waals surface area contributed by atoms with Gasteiger partial charge in [0.15, 0.2) is 0 Å². The summed E-state index contributed by atoms with van der Waals surface area (Å²) in [7, 11) is 0. The minimum Gasteiger partial charge on any atom is -0.367 e. The van der Waals surface area contributed by atoms with Crippen LogP contribution in [0.5, 0.6) is 0 Å². The fraction of sp³-hybridized carbons (Fsp3) is 0.667. The highest BCUT2D eigenvalue weighted by Gasteiger charge is 2.07. The van der Waals surface area contributed by atoms with Crippen molar-refractivity contribution in [3.05, 3.63) is 0 Å². The Hall–Kier alpha value is -1.10. The predicted molar refractivity (Wildman–Crippen MR) is 38.4 cm³/mol. The molecule has 0 aliphatic heterocycles. The number of nitrogens with two attached hydrogens (primary N) is 1. The number of carbonyl (C=O) groups is 2. The lowest BCUT2D eigenvalue weighted by atomic mass is 10.4. The Labute approximate surface area is 64.9 Å². The smallest absolute Gasteiger partial charge is 0.246 e. The molecule has 1 atom stereocenters. The Kier molecular flexibility index (Phi) is 4.21. The molecule has 64 valence electrons. The zero-order valence-electron chi connectivity index (χ0n) is 6.59. The number of hydrogen-bond acceptors (Lipinski definition) is 3. The van der Waals surface area contributed by atoms with Crippen molar-refractivity contribution in [2.24, 2.45) is 5.73 Å². The Bertz CT molecular complexity index is 158. The molecule has 0 saturated carbocycles. The third kappa shape index (κ3) is 5.35. The van der Waals surface area contributed by atoms with E-state index in [-0.39, 0.29) is 12.6 Å². The summed E-state index contributed by atoms with van der Waals surface area (Å²) in [5.41, 5.74) is 4.88. The second-order valence-corrected chi connectivity index (χ2v) is 2.09. The molecule has 0 rings (SSSR count). The van der Waals surface area contributed by atoms with Gasteiger partial charge < -0.3 is 15.8 Å². The van der Waals surface area contributed by atoms with Crippen LogP contribution in [0.1, 0.15) is 13.8 Å². The monoisotopic (exact) mass is 160 g/mol. The summed E-state index contributed by atoms with van der Waals surface area (Å²) in [6, 6.07) is 0. The second-order valence-electron chi connectivity index (χ2n) is 2.09. The minimum atomic E-state index is -0.665. The molecule has 0 heterocycles. The zero-order chi connectivity index (χ0) is 8.85. The maximum Gasteiger partial charge on any atom is 0.246 e. The first-order valence-electron chi connectivity index (χ1n) is 3.19. The molecule has 3 N–H and O–H groups in total. The first-order chi connectivity index (χ1) is 5.04. The molecule has 0 aromatic rings. The third-order valence-corrected chi connectivity index (χ3v) is 1.06. The topological polar surface area (TPSA) is 81.4 Å². The summed E-state index contributed by atoms with van der Waals surface area (Å²) in [4.78, 5) is 20.6. The van der Waals surface area contributed by atoms with Crippen molar-refractivity contribution < 1.29 is 14.3 Å². The molecule has 1 unspecified atom stereocenters. The Morgan fingerprint density at radius 3 is 2.55 bits per heavy atom. The second kappa shape index (κ2) is 4.68. The molecule has 2 amide bonds. The quantitative estimate of drug-likeness (QED) is 0.516. The van der Waals surface area contributed by atoms with E-state index in [1.54, 1.807) is 0 Å². The summed E-state index contributed by atoms with van der Waals surface area (Å²) < 4.78 is 4.81. The summed E-state index contributed by atoms with van der Waals surface area (Å²) in [6.45, 7) is 2.89. The molecule has 0 aliphatic rings. The molecule has 0 aromatic carbocycles.